The van der Waals surface area contributed by atoms with Gasteiger partial charge in [-0.2, -0.15) is 0 Å². The molecule has 0 radical (unpaired) electrons. The van der Waals surface area contributed by atoms with E-state index in [9.17, 15) is 14.7 Å². The molecular formula is C28H42N2O8. The highest BCUT2D eigenvalue weighted by molar-refractivity contribution is 6.00. The van der Waals surface area contributed by atoms with E-state index >= 15 is 0 Å². The SMILES string of the molecule is CO.CO.COc1cc(O)c2c(c1)CC(=N/OCC(=O)N1CCCCC1)/C=C/CC/C=C/C[C@@H](C)OC2=O. The first-order chi connectivity index (χ1) is 18.5. The molecule has 212 valence electrons. The molecule has 0 aliphatic carbocycles. The predicted molar refractivity (Wildman–Crippen MR) is 145 cm³/mol. The van der Waals surface area contributed by atoms with Gasteiger partial charge in [0.1, 0.15) is 23.2 Å². The lowest BCUT2D eigenvalue weighted by Crippen LogP contribution is -2.37. The van der Waals surface area contributed by atoms with Gasteiger partial charge in [-0.05, 0) is 56.7 Å². The van der Waals surface area contributed by atoms with Gasteiger partial charge in [0, 0.05) is 46.2 Å². The van der Waals surface area contributed by atoms with E-state index in [1.54, 1.807) is 11.0 Å². The van der Waals surface area contributed by atoms with Gasteiger partial charge in [0.15, 0.2) is 6.61 Å². The molecule has 0 unspecified atom stereocenters. The van der Waals surface area contributed by atoms with E-state index in [4.69, 9.17) is 24.5 Å². The monoisotopic (exact) mass is 534 g/mol. The average molecular weight is 535 g/mol. The second kappa shape index (κ2) is 18.8. The number of carbonyl (C=O) groups excluding carboxylic acids is 2. The van der Waals surface area contributed by atoms with Crippen molar-refractivity contribution in [3.05, 3.63) is 47.6 Å². The number of hydrogen-bond donors (Lipinski definition) is 3. The van der Waals surface area contributed by atoms with E-state index in [0.717, 1.165) is 59.4 Å². The Labute approximate surface area is 225 Å². The number of amides is 1. The van der Waals surface area contributed by atoms with Crippen molar-refractivity contribution in [2.75, 3.05) is 41.0 Å². The molecule has 0 aromatic heterocycles. The van der Waals surface area contributed by atoms with Crippen molar-refractivity contribution in [1.29, 1.82) is 0 Å². The number of methoxy groups -OCH3 is 1. The second-order valence-electron chi connectivity index (χ2n) is 8.56. The number of likely N-dealkylation sites (tertiary alicyclic amines) is 1. The summed E-state index contributed by atoms with van der Waals surface area (Å²) in [6.45, 7) is 3.17. The number of allylic oxidation sites excluding steroid dienone is 3. The smallest absolute Gasteiger partial charge is 0.342 e. The van der Waals surface area contributed by atoms with Crippen molar-refractivity contribution >= 4 is 17.6 Å². The highest BCUT2D eigenvalue weighted by Gasteiger charge is 2.23. The van der Waals surface area contributed by atoms with Crippen LogP contribution in [0.5, 0.6) is 11.5 Å². The van der Waals surface area contributed by atoms with Crippen molar-refractivity contribution in [2.45, 2.75) is 58.0 Å². The van der Waals surface area contributed by atoms with Crippen LogP contribution in [-0.4, -0.2) is 84.9 Å². The number of rotatable bonds is 4. The number of nitrogens with zero attached hydrogens (tertiary/aromatic N) is 2. The minimum Gasteiger partial charge on any atom is -0.507 e. The van der Waals surface area contributed by atoms with Crippen molar-refractivity contribution < 1.29 is 39.2 Å². The largest absolute Gasteiger partial charge is 0.507 e. The molecule has 2 heterocycles. The van der Waals surface area contributed by atoms with Crippen LogP contribution < -0.4 is 4.74 Å². The average Bonchev–Trinajstić information content (AvgIpc) is 2.94. The third-order valence-corrected chi connectivity index (χ3v) is 5.82. The molecule has 1 atom stereocenters. The number of phenolic OH excluding ortho intramolecular Hbond substituents is 1. The van der Waals surface area contributed by atoms with Crippen LogP contribution in [0.15, 0.2) is 41.6 Å². The summed E-state index contributed by atoms with van der Waals surface area (Å²) in [5.74, 6) is -0.515. The number of esters is 1. The van der Waals surface area contributed by atoms with Gasteiger partial charge >= 0.3 is 5.97 Å². The highest BCUT2D eigenvalue weighted by Crippen LogP contribution is 2.30. The number of hydrogen-bond acceptors (Lipinski definition) is 9. The number of carbonyl (C=O) groups is 2. The number of oxime groups is 1. The third-order valence-electron chi connectivity index (χ3n) is 5.82. The first-order valence-electron chi connectivity index (χ1n) is 12.8. The first-order valence-corrected chi connectivity index (χ1v) is 12.8. The second-order valence-corrected chi connectivity index (χ2v) is 8.56. The zero-order chi connectivity index (χ0) is 28.3. The van der Waals surface area contributed by atoms with Gasteiger partial charge in [-0.3, -0.25) is 4.79 Å². The standard InChI is InChI=1S/C26H34N2O6.2CH4O/c1-19-11-7-4-3-5-8-12-21(27-33-18-24(30)28-13-9-6-10-14-28)15-20-16-22(32-2)17-23(29)25(20)26(31)34-19;2*1-2/h4,7-8,12,16-17,19,29H,3,5-6,9-11,13-15,18H2,1-2H3;2*2H,1H3/b7-4+,12-8+,27-21+;;/t19-;;/m1../s1. The Morgan fingerprint density at radius 3 is 2.45 bits per heavy atom. The van der Waals surface area contributed by atoms with Crippen LogP contribution in [0.25, 0.3) is 0 Å². The Morgan fingerprint density at radius 1 is 1.08 bits per heavy atom. The van der Waals surface area contributed by atoms with E-state index in [1.165, 1.54) is 13.2 Å². The van der Waals surface area contributed by atoms with Gasteiger partial charge in [-0.1, -0.05) is 23.4 Å². The van der Waals surface area contributed by atoms with Gasteiger partial charge < -0.3 is 34.5 Å². The van der Waals surface area contributed by atoms with E-state index in [0.29, 0.717) is 23.4 Å². The Balaban J connectivity index is 0.00000172. The van der Waals surface area contributed by atoms with Gasteiger partial charge in [0.2, 0.25) is 0 Å². The molecule has 1 aromatic carbocycles. The molecule has 1 fully saturated rings. The molecule has 3 N–H and O–H groups in total. The molecule has 38 heavy (non-hydrogen) atoms. The number of ether oxygens (including phenoxy) is 2. The third kappa shape index (κ3) is 10.9. The number of fused-ring (bicyclic) bond motifs is 1. The maximum absolute atomic E-state index is 12.9. The normalized spacial score (nSPS) is 20.7. The molecule has 0 spiro atoms. The van der Waals surface area contributed by atoms with Gasteiger partial charge in [-0.15, -0.1) is 0 Å². The summed E-state index contributed by atoms with van der Waals surface area (Å²) in [5.41, 5.74) is 1.08. The van der Waals surface area contributed by atoms with Gasteiger partial charge in [0.05, 0.1) is 12.8 Å². The maximum Gasteiger partial charge on any atom is 0.342 e. The summed E-state index contributed by atoms with van der Waals surface area (Å²) in [5, 5.41) is 28.8. The van der Waals surface area contributed by atoms with Crippen LogP contribution in [0.3, 0.4) is 0 Å². The van der Waals surface area contributed by atoms with Crippen molar-refractivity contribution in [1.82, 2.24) is 4.90 Å². The molecule has 1 aromatic rings. The van der Waals surface area contributed by atoms with Crippen LogP contribution >= 0.6 is 0 Å². The fourth-order valence-electron chi connectivity index (χ4n) is 3.98. The fourth-order valence-corrected chi connectivity index (χ4v) is 3.98. The Kier molecular flexibility index (Phi) is 16.2. The molecule has 2 aliphatic rings. The summed E-state index contributed by atoms with van der Waals surface area (Å²) in [6.07, 6.45) is 13.1. The minimum atomic E-state index is -0.613. The molecule has 10 heteroatoms. The van der Waals surface area contributed by atoms with E-state index < -0.39 is 5.97 Å². The van der Waals surface area contributed by atoms with Crippen LogP contribution in [-0.2, 0) is 20.8 Å². The molecule has 2 aliphatic heterocycles. The topological polar surface area (TPSA) is 138 Å². The summed E-state index contributed by atoms with van der Waals surface area (Å²) < 4.78 is 10.8. The van der Waals surface area contributed by atoms with Crippen LogP contribution in [0.2, 0.25) is 0 Å². The lowest BCUT2D eigenvalue weighted by atomic mass is 9.99. The van der Waals surface area contributed by atoms with Crippen LogP contribution in [0, 0.1) is 0 Å². The number of cyclic esters (lactones) is 1. The highest BCUT2D eigenvalue weighted by atomic mass is 16.6. The molecule has 3 rings (SSSR count). The first kappa shape index (κ1) is 32.7. The number of aromatic hydroxyl groups is 1. The summed E-state index contributed by atoms with van der Waals surface area (Å²) in [4.78, 5) is 32.5. The molecule has 0 saturated carbocycles. The minimum absolute atomic E-state index is 0.0687. The molecule has 1 saturated heterocycles. The van der Waals surface area contributed by atoms with Crippen LogP contribution in [0.4, 0.5) is 0 Å². The Morgan fingerprint density at radius 2 is 1.76 bits per heavy atom. The van der Waals surface area contributed by atoms with Crippen LogP contribution in [0.1, 0.15) is 61.4 Å². The molecular weight excluding hydrogens is 492 g/mol. The van der Waals surface area contributed by atoms with Crippen molar-refractivity contribution in [2.24, 2.45) is 5.16 Å². The Bertz CT molecular complexity index is 952. The number of aliphatic hydroxyl groups is 2. The summed E-state index contributed by atoms with van der Waals surface area (Å²) >= 11 is 0. The number of piperidine rings is 1. The molecule has 1 amide bonds. The maximum atomic E-state index is 12.9. The number of aliphatic hydroxyl groups excluding tert-OH is 2. The zero-order valence-corrected chi connectivity index (χ0v) is 22.9. The Hall–Kier alpha value is -3.37. The molecule has 10 nitrogen and oxygen atoms in total. The zero-order valence-electron chi connectivity index (χ0n) is 22.9. The summed E-state index contributed by atoms with van der Waals surface area (Å²) in [7, 11) is 3.49. The lowest BCUT2D eigenvalue weighted by molar-refractivity contribution is -0.137. The quantitative estimate of drug-likeness (QED) is 0.304. The van der Waals surface area contributed by atoms with E-state index in [2.05, 4.69) is 5.16 Å². The lowest BCUT2D eigenvalue weighted by Gasteiger charge is -2.26. The number of phenols is 1. The van der Waals surface area contributed by atoms with E-state index in [1.807, 2.05) is 31.2 Å². The van der Waals surface area contributed by atoms with Gasteiger partial charge in [0.25, 0.3) is 5.91 Å². The number of benzene rings is 1. The molecule has 0 bridgehead atoms. The van der Waals surface area contributed by atoms with E-state index in [-0.39, 0.29) is 36.4 Å². The fraction of sp³-hybridized carbons (Fsp3) is 0.536. The summed E-state index contributed by atoms with van der Waals surface area (Å²) in [6, 6.07) is 3.06. The predicted octanol–water partition coefficient (Wildman–Crippen LogP) is 3.39. The van der Waals surface area contributed by atoms with Crippen molar-refractivity contribution in [3.63, 3.8) is 0 Å². The van der Waals surface area contributed by atoms with Crippen molar-refractivity contribution in [3.8, 4) is 11.5 Å². The van der Waals surface area contributed by atoms with Gasteiger partial charge in [-0.25, -0.2) is 4.79 Å².